The van der Waals surface area contributed by atoms with Crippen LogP contribution in [0.3, 0.4) is 0 Å². The van der Waals surface area contributed by atoms with Crippen LogP contribution in [-0.4, -0.2) is 24.6 Å². The lowest BCUT2D eigenvalue weighted by atomic mass is 9.96. The van der Waals surface area contributed by atoms with Gasteiger partial charge in [-0.3, -0.25) is 9.59 Å². The second-order valence-electron chi connectivity index (χ2n) is 10.8. The predicted octanol–water partition coefficient (Wildman–Crippen LogP) is 9.19. The molecule has 4 heteroatoms. The Morgan fingerprint density at radius 3 is 1.32 bits per heavy atom. The molecular formula is C30H58O4. The summed E-state index contributed by atoms with van der Waals surface area (Å²) in [4.78, 5) is 23.9. The van der Waals surface area contributed by atoms with Gasteiger partial charge in [-0.2, -0.15) is 0 Å². The quantitative estimate of drug-likeness (QED) is 0.102. The average molecular weight is 483 g/mol. The Balaban J connectivity index is 3.40. The number of carbonyl (C=O) groups excluding carboxylic acids is 2. The van der Waals surface area contributed by atoms with Gasteiger partial charge < -0.3 is 9.47 Å². The van der Waals surface area contributed by atoms with Crippen LogP contribution >= 0.6 is 0 Å². The third-order valence-electron chi connectivity index (χ3n) is 6.60. The molecule has 0 heterocycles. The average Bonchev–Trinajstić information content (AvgIpc) is 2.79. The Bertz CT molecular complexity index is 464. The van der Waals surface area contributed by atoms with Crippen molar-refractivity contribution in [1.29, 1.82) is 0 Å². The van der Waals surface area contributed by atoms with Gasteiger partial charge in [0, 0.05) is 12.8 Å². The molecule has 0 aliphatic heterocycles. The maximum atomic E-state index is 12.0. The normalized spacial score (nSPS) is 11.5. The molecule has 4 nitrogen and oxygen atoms in total. The predicted molar refractivity (Wildman–Crippen MR) is 144 cm³/mol. The molecule has 0 unspecified atom stereocenters. The Morgan fingerprint density at radius 2 is 0.912 bits per heavy atom. The molecular weight excluding hydrogens is 424 g/mol. The summed E-state index contributed by atoms with van der Waals surface area (Å²) in [6, 6.07) is 0. The molecule has 0 N–H and O–H groups in total. The highest BCUT2D eigenvalue weighted by Crippen LogP contribution is 2.18. The fourth-order valence-electron chi connectivity index (χ4n) is 4.52. The highest BCUT2D eigenvalue weighted by molar-refractivity contribution is 5.70. The first-order chi connectivity index (χ1) is 16.4. The zero-order valence-electron chi connectivity index (χ0n) is 23.5. The van der Waals surface area contributed by atoms with E-state index in [0.29, 0.717) is 44.1 Å². The van der Waals surface area contributed by atoms with Gasteiger partial charge in [0.2, 0.25) is 0 Å². The van der Waals surface area contributed by atoms with Crippen molar-refractivity contribution >= 4 is 11.9 Å². The van der Waals surface area contributed by atoms with Crippen LogP contribution in [0.25, 0.3) is 0 Å². The van der Waals surface area contributed by atoms with Gasteiger partial charge >= 0.3 is 11.9 Å². The van der Waals surface area contributed by atoms with Crippen LogP contribution < -0.4 is 0 Å². The van der Waals surface area contributed by atoms with Gasteiger partial charge in [0.05, 0.1) is 6.61 Å². The molecule has 0 aliphatic rings. The van der Waals surface area contributed by atoms with Crippen LogP contribution in [0.5, 0.6) is 0 Å². The molecule has 202 valence electrons. The summed E-state index contributed by atoms with van der Waals surface area (Å²) in [5.74, 6) is 0.344. The van der Waals surface area contributed by atoms with E-state index in [1.165, 1.54) is 83.5 Å². The summed E-state index contributed by atoms with van der Waals surface area (Å²) in [6.07, 6.45) is 22.1. The van der Waals surface area contributed by atoms with Gasteiger partial charge in [-0.1, -0.05) is 125 Å². The van der Waals surface area contributed by atoms with Crippen LogP contribution in [-0.2, 0) is 19.1 Å². The van der Waals surface area contributed by atoms with E-state index in [9.17, 15) is 9.59 Å². The minimum atomic E-state index is -0.154. The van der Waals surface area contributed by atoms with Crippen molar-refractivity contribution < 1.29 is 19.1 Å². The number of hydrogen-bond acceptors (Lipinski definition) is 4. The second kappa shape index (κ2) is 23.7. The SMILES string of the molecule is CCCCCCCCCCCCCCCCCOC(=O)CCCCC(=O)OC(C(C)C)C(C)C. The van der Waals surface area contributed by atoms with E-state index in [4.69, 9.17) is 9.47 Å². The third kappa shape index (κ3) is 21.5. The number of carbonyl (C=O) groups is 2. The summed E-state index contributed by atoms with van der Waals surface area (Å²) >= 11 is 0. The smallest absolute Gasteiger partial charge is 0.306 e. The highest BCUT2D eigenvalue weighted by atomic mass is 16.5. The van der Waals surface area contributed by atoms with Crippen molar-refractivity contribution in [3.63, 3.8) is 0 Å². The van der Waals surface area contributed by atoms with Crippen molar-refractivity contribution in [2.24, 2.45) is 11.8 Å². The molecule has 34 heavy (non-hydrogen) atoms. The van der Waals surface area contributed by atoms with Gasteiger partial charge in [-0.05, 0) is 31.1 Å². The number of rotatable bonds is 24. The fraction of sp³-hybridized carbons (Fsp3) is 0.933. The van der Waals surface area contributed by atoms with Gasteiger partial charge in [-0.15, -0.1) is 0 Å². The lowest BCUT2D eigenvalue weighted by Gasteiger charge is -2.24. The third-order valence-corrected chi connectivity index (χ3v) is 6.60. The monoisotopic (exact) mass is 482 g/mol. The second-order valence-corrected chi connectivity index (χ2v) is 10.8. The summed E-state index contributed by atoms with van der Waals surface area (Å²) in [6.45, 7) is 11.1. The van der Waals surface area contributed by atoms with Gasteiger partial charge in [0.1, 0.15) is 6.10 Å². The molecule has 0 radical (unpaired) electrons. The molecule has 0 atom stereocenters. The summed E-state index contributed by atoms with van der Waals surface area (Å²) in [5.41, 5.74) is 0. The minimum absolute atomic E-state index is 0.0348. The van der Waals surface area contributed by atoms with Crippen LogP contribution in [0, 0.1) is 11.8 Å². The topological polar surface area (TPSA) is 52.6 Å². The fourth-order valence-corrected chi connectivity index (χ4v) is 4.52. The van der Waals surface area contributed by atoms with E-state index in [1.807, 2.05) is 0 Å². The molecule has 0 fully saturated rings. The van der Waals surface area contributed by atoms with Crippen molar-refractivity contribution in [2.75, 3.05) is 6.61 Å². The lowest BCUT2D eigenvalue weighted by Crippen LogP contribution is -2.28. The first-order valence-corrected chi connectivity index (χ1v) is 14.7. The summed E-state index contributed by atoms with van der Waals surface area (Å²) < 4.78 is 10.9. The first kappa shape index (κ1) is 32.9. The van der Waals surface area contributed by atoms with E-state index in [0.717, 1.165) is 12.8 Å². The molecule has 0 rings (SSSR count). The largest absolute Gasteiger partial charge is 0.466 e. The molecule has 0 aromatic heterocycles. The maximum absolute atomic E-state index is 12.0. The van der Waals surface area contributed by atoms with E-state index in [1.54, 1.807) is 0 Å². The van der Waals surface area contributed by atoms with Crippen LogP contribution in [0.1, 0.15) is 157 Å². The molecule has 0 saturated heterocycles. The zero-order valence-corrected chi connectivity index (χ0v) is 23.5. The highest BCUT2D eigenvalue weighted by Gasteiger charge is 2.21. The van der Waals surface area contributed by atoms with Crippen molar-refractivity contribution in [3.8, 4) is 0 Å². The maximum Gasteiger partial charge on any atom is 0.306 e. The number of esters is 2. The Hall–Kier alpha value is -1.06. The minimum Gasteiger partial charge on any atom is -0.466 e. The van der Waals surface area contributed by atoms with E-state index < -0.39 is 0 Å². The summed E-state index contributed by atoms with van der Waals surface area (Å²) in [5, 5.41) is 0. The first-order valence-electron chi connectivity index (χ1n) is 14.7. The van der Waals surface area contributed by atoms with Crippen molar-refractivity contribution in [2.45, 2.75) is 163 Å². The molecule has 0 saturated carbocycles. The van der Waals surface area contributed by atoms with Gasteiger partial charge in [0.25, 0.3) is 0 Å². The Labute approximate surface area is 212 Å². The van der Waals surface area contributed by atoms with Crippen molar-refractivity contribution in [1.82, 2.24) is 0 Å². The number of unbranched alkanes of at least 4 members (excludes halogenated alkanes) is 15. The molecule has 0 aromatic carbocycles. The van der Waals surface area contributed by atoms with Gasteiger partial charge in [-0.25, -0.2) is 0 Å². The molecule has 0 amide bonds. The lowest BCUT2D eigenvalue weighted by molar-refractivity contribution is -0.154. The molecule has 0 spiro atoms. The molecule has 0 aromatic rings. The number of hydrogen-bond donors (Lipinski definition) is 0. The summed E-state index contributed by atoms with van der Waals surface area (Å²) in [7, 11) is 0. The van der Waals surface area contributed by atoms with Gasteiger partial charge in [0.15, 0.2) is 0 Å². The molecule has 0 aliphatic carbocycles. The van der Waals surface area contributed by atoms with E-state index >= 15 is 0 Å². The zero-order chi connectivity index (χ0) is 25.4. The number of ether oxygens (including phenoxy) is 2. The van der Waals surface area contributed by atoms with Crippen LogP contribution in [0.2, 0.25) is 0 Å². The van der Waals surface area contributed by atoms with E-state index in [2.05, 4.69) is 34.6 Å². The molecule has 0 bridgehead atoms. The van der Waals surface area contributed by atoms with Crippen LogP contribution in [0.4, 0.5) is 0 Å². The standard InChI is InChI=1S/C30H58O4/c1-6-7-8-9-10-11-12-13-14-15-16-17-18-19-22-25-33-28(31)23-20-21-24-29(32)34-30(26(2)3)27(4)5/h26-27,30H,6-25H2,1-5H3. The Morgan fingerprint density at radius 1 is 0.529 bits per heavy atom. The van der Waals surface area contributed by atoms with E-state index in [-0.39, 0.29) is 18.0 Å². The van der Waals surface area contributed by atoms with Crippen LogP contribution in [0.15, 0.2) is 0 Å². The van der Waals surface area contributed by atoms with Crippen molar-refractivity contribution in [3.05, 3.63) is 0 Å². The Kier molecular flexibility index (Phi) is 22.9.